The maximum Gasteiger partial charge on any atom is 0.258 e. The fourth-order valence-electron chi connectivity index (χ4n) is 2.94. The Hall–Kier alpha value is -3.25. The third-order valence-electron chi connectivity index (χ3n) is 4.44. The van der Waals surface area contributed by atoms with Crippen LogP contribution in [-0.4, -0.2) is 48.8 Å². The zero-order valence-corrected chi connectivity index (χ0v) is 15.8. The molecule has 1 amide bonds. The molecule has 2 aromatic carbocycles. The number of piperazine rings is 1. The summed E-state index contributed by atoms with van der Waals surface area (Å²) >= 11 is 0. The predicted octanol–water partition coefficient (Wildman–Crippen LogP) is 2.82. The van der Waals surface area contributed by atoms with E-state index in [1.165, 1.54) is 6.08 Å². The number of aromatic hydroxyl groups is 1. The highest BCUT2D eigenvalue weighted by molar-refractivity contribution is 5.91. The van der Waals surface area contributed by atoms with Crippen molar-refractivity contribution in [1.82, 2.24) is 10.4 Å². The second-order valence-electron chi connectivity index (χ2n) is 6.47. The molecule has 0 aliphatic carbocycles. The first kappa shape index (κ1) is 19.5. The van der Waals surface area contributed by atoms with Crippen LogP contribution in [0.4, 0.5) is 5.69 Å². The molecule has 2 N–H and O–H groups in total. The van der Waals surface area contributed by atoms with E-state index in [1.807, 2.05) is 41.4 Å². The average Bonchev–Trinajstić information content (AvgIpc) is 2.73. The molecule has 6 nitrogen and oxygen atoms in total. The lowest BCUT2D eigenvalue weighted by atomic mass is 10.2. The van der Waals surface area contributed by atoms with E-state index in [0.717, 1.165) is 43.2 Å². The summed E-state index contributed by atoms with van der Waals surface area (Å²) in [6.45, 7) is 7.16. The molecule has 3 rings (SSSR count). The zero-order chi connectivity index (χ0) is 19.8. The molecular formula is C22H25N3O3. The minimum absolute atomic E-state index is 0.148. The Morgan fingerprint density at radius 2 is 1.75 bits per heavy atom. The fraction of sp³-hybridized carbons (Fsp3) is 0.227. The molecule has 146 valence electrons. The largest absolute Gasteiger partial charge is 0.508 e. The second kappa shape index (κ2) is 9.62. The van der Waals surface area contributed by atoms with E-state index >= 15 is 0 Å². The minimum Gasteiger partial charge on any atom is -0.508 e. The summed E-state index contributed by atoms with van der Waals surface area (Å²) in [4.78, 5) is 14.4. The van der Waals surface area contributed by atoms with Gasteiger partial charge in [0.25, 0.3) is 5.91 Å². The standard InChI is InChI=1S/C22H25N3O3/c1-2-17-28-21-10-3-18(4-11-21)5-12-22(27)23-25-15-13-24(14-16-25)19-6-8-20(26)9-7-19/h2-12,26H,1,13-17H2,(H,23,27)/b12-5+. The quantitative estimate of drug-likeness (QED) is 0.572. The maximum absolute atomic E-state index is 12.2. The Bertz CT molecular complexity index is 808. The number of amides is 1. The summed E-state index contributed by atoms with van der Waals surface area (Å²) in [5.41, 5.74) is 4.92. The molecule has 1 aliphatic heterocycles. The molecule has 0 radical (unpaired) electrons. The first-order valence-corrected chi connectivity index (χ1v) is 9.25. The first-order valence-electron chi connectivity index (χ1n) is 9.25. The second-order valence-corrected chi connectivity index (χ2v) is 6.47. The highest BCUT2D eigenvalue weighted by atomic mass is 16.5. The van der Waals surface area contributed by atoms with Crippen LogP contribution in [0.15, 0.2) is 67.3 Å². The van der Waals surface area contributed by atoms with E-state index in [4.69, 9.17) is 4.74 Å². The highest BCUT2D eigenvalue weighted by Crippen LogP contribution is 2.19. The summed E-state index contributed by atoms with van der Waals surface area (Å²) in [6.07, 6.45) is 5.01. The number of carbonyl (C=O) groups is 1. The number of hydrazine groups is 1. The normalized spacial score (nSPS) is 14.8. The number of phenols is 1. The molecule has 1 heterocycles. The molecule has 0 unspecified atom stereocenters. The van der Waals surface area contributed by atoms with Gasteiger partial charge in [0.15, 0.2) is 0 Å². The van der Waals surface area contributed by atoms with Gasteiger partial charge in [-0.2, -0.15) is 0 Å². The molecule has 0 saturated carbocycles. The predicted molar refractivity (Wildman–Crippen MR) is 111 cm³/mol. The van der Waals surface area contributed by atoms with Crippen molar-refractivity contribution in [3.05, 3.63) is 72.8 Å². The third kappa shape index (κ3) is 5.62. The molecule has 0 spiro atoms. The van der Waals surface area contributed by atoms with Crippen LogP contribution in [0.3, 0.4) is 0 Å². The van der Waals surface area contributed by atoms with Gasteiger partial charge in [0.1, 0.15) is 18.1 Å². The Kier molecular flexibility index (Phi) is 6.70. The number of phenolic OH excluding ortho intramolecular Hbond substituents is 1. The summed E-state index contributed by atoms with van der Waals surface area (Å²) < 4.78 is 5.44. The lowest BCUT2D eigenvalue weighted by Crippen LogP contribution is -2.53. The van der Waals surface area contributed by atoms with E-state index in [1.54, 1.807) is 24.3 Å². The van der Waals surface area contributed by atoms with Gasteiger partial charge < -0.3 is 14.7 Å². The van der Waals surface area contributed by atoms with E-state index in [0.29, 0.717) is 6.61 Å². The maximum atomic E-state index is 12.2. The van der Waals surface area contributed by atoms with Crippen molar-refractivity contribution >= 4 is 17.7 Å². The molecule has 1 saturated heterocycles. The molecule has 1 aliphatic rings. The van der Waals surface area contributed by atoms with Crippen LogP contribution in [0.5, 0.6) is 11.5 Å². The van der Waals surface area contributed by atoms with Gasteiger partial charge in [0, 0.05) is 37.9 Å². The van der Waals surface area contributed by atoms with Crippen LogP contribution in [0.1, 0.15) is 5.56 Å². The van der Waals surface area contributed by atoms with Crippen LogP contribution in [-0.2, 0) is 4.79 Å². The van der Waals surface area contributed by atoms with Crippen LogP contribution >= 0.6 is 0 Å². The Labute approximate surface area is 165 Å². The van der Waals surface area contributed by atoms with Gasteiger partial charge in [0.2, 0.25) is 0 Å². The average molecular weight is 379 g/mol. The van der Waals surface area contributed by atoms with Gasteiger partial charge in [-0.3, -0.25) is 10.2 Å². The van der Waals surface area contributed by atoms with Crippen molar-refractivity contribution < 1.29 is 14.6 Å². The van der Waals surface area contributed by atoms with Crippen molar-refractivity contribution in [2.24, 2.45) is 0 Å². The van der Waals surface area contributed by atoms with Crippen molar-refractivity contribution in [3.8, 4) is 11.5 Å². The number of ether oxygens (including phenoxy) is 1. The monoisotopic (exact) mass is 379 g/mol. The van der Waals surface area contributed by atoms with Crippen LogP contribution in [0.2, 0.25) is 0 Å². The lowest BCUT2D eigenvalue weighted by Gasteiger charge is -2.35. The molecule has 6 heteroatoms. The van der Waals surface area contributed by atoms with E-state index in [-0.39, 0.29) is 11.7 Å². The summed E-state index contributed by atoms with van der Waals surface area (Å²) in [5.74, 6) is 0.887. The van der Waals surface area contributed by atoms with Gasteiger partial charge in [-0.05, 0) is 48.0 Å². The van der Waals surface area contributed by atoms with Gasteiger partial charge in [-0.25, -0.2) is 5.01 Å². The SMILES string of the molecule is C=CCOc1ccc(/C=C/C(=O)NN2CCN(c3ccc(O)cc3)CC2)cc1. The Morgan fingerprint density at radius 1 is 1.07 bits per heavy atom. The number of hydrogen-bond acceptors (Lipinski definition) is 5. The van der Waals surface area contributed by atoms with E-state index < -0.39 is 0 Å². The summed E-state index contributed by atoms with van der Waals surface area (Å²) in [5, 5.41) is 11.3. The summed E-state index contributed by atoms with van der Waals surface area (Å²) in [7, 11) is 0. The highest BCUT2D eigenvalue weighted by Gasteiger charge is 2.17. The smallest absolute Gasteiger partial charge is 0.258 e. The fourth-order valence-corrected chi connectivity index (χ4v) is 2.94. The van der Waals surface area contributed by atoms with Crippen molar-refractivity contribution in [2.75, 3.05) is 37.7 Å². The van der Waals surface area contributed by atoms with E-state index in [2.05, 4.69) is 16.9 Å². The number of carbonyl (C=O) groups excluding carboxylic acids is 1. The number of anilines is 1. The zero-order valence-electron chi connectivity index (χ0n) is 15.8. The Morgan fingerprint density at radius 3 is 2.39 bits per heavy atom. The van der Waals surface area contributed by atoms with Crippen LogP contribution in [0.25, 0.3) is 6.08 Å². The van der Waals surface area contributed by atoms with E-state index in [9.17, 15) is 9.90 Å². The lowest BCUT2D eigenvalue weighted by molar-refractivity contribution is -0.121. The minimum atomic E-state index is -0.148. The van der Waals surface area contributed by atoms with Gasteiger partial charge in [0.05, 0.1) is 0 Å². The molecule has 2 aromatic rings. The van der Waals surface area contributed by atoms with Crippen LogP contribution < -0.4 is 15.1 Å². The van der Waals surface area contributed by atoms with Crippen molar-refractivity contribution in [1.29, 1.82) is 0 Å². The van der Waals surface area contributed by atoms with Crippen LogP contribution in [0, 0.1) is 0 Å². The number of hydrogen-bond donors (Lipinski definition) is 2. The number of nitrogens with one attached hydrogen (secondary N) is 1. The molecule has 1 fully saturated rings. The first-order chi connectivity index (χ1) is 13.6. The van der Waals surface area contributed by atoms with Crippen molar-refractivity contribution in [3.63, 3.8) is 0 Å². The summed E-state index contributed by atoms with van der Waals surface area (Å²) in [6, 6.07) is 14.7. The number of benzene rings is 2. The molecule has 0 atom stereocenters. The molecule has 28 heavy (non-hydrogen) atoms. The number of nitrogens with zero attached hydrogens (tertiary/aromatic N) is 2. The van der Waals surface area contributed by atoms with Gasteiger partial charge in [-0.15, -0.1) is 0 Å². The van der Waals surface area contributed by atoms with Crippen molar-refractivity contribution in [2.45, 2.75) is 0 Å². The molecule has 0 bridgehead atoms. The Balaban J connectivity index is 1.44. The third-order valence-corrected chi connectivity index (χ3v) is 4.44. The molecular weight excluding hydrogens is 354 g/mol. The van der Waals surface area contributed by atoms with Gasteiger partial charge in [-0.1, -0.05) is 24.8 Å². The van der Waals surface area contributed by atoms with Gasteiger partial charge >= 0.3 is 0 Å². The topological polar surface area (TPSA) is 65.0 Å². The number of rotatable bonds is 7. The molecule has 0 aromatic heterocycles.